The van der Waals surface area contributed by atoms with Gasteiger partial charge in [0.1, 0.15) is 0 Å². The Balaban J connectivity index is 1.75. The molecule has 0 aliphatic heterocycles. The van der Waals surface area contributed by atoms with Gasteiger partial charge in [-0.3, -0.25) is 4.79 Å². The number of carbonyl (C=O) groups excluding carboxylic acids is 1. The van der Waals surface area contributed by atoms with Gasteiger partial charge in [-0.1, -0.05) is 0 Å². The van der Waals surface area contributed by atoms with E-state index >= 15 is 0 Å². The number of hydrogen-bond donors (Lipinski definition) is 5. The number of aryl methyl sites for hydroxylation is 1. The van der Waals surface area contributed by atoms with E-state index in [9.17, 15) is 4.79 Å². The molecule has 3 aromatic rings. The Labute approximate surface area is 192 Å². The summed E-state index contributed by atoms with van der Waals surface area (Å²) in [5.74, 6) is -0.157. The highest BCUT2D eigenvalue weighted by Crippen LogP contribution is 2.28. The molecule has 1 aliphatic carbocycles. The molecule has 0 amide bonds. The van der Waals surface area contributed by atoms with Gasteiger partial charge in [-0.2, -0.15) is 0 Å². The Morgan fingerprint density at radius 1 is 0.758 bits per heavy atom. The van der Waals surface area contributed by atoms with Crippen LogP contribution in [-0.2, 0) is 4.79 Å². The first kappa shape index (κ1) is 21.7. The van der Waals surface area contributed by atoms with Crippen molar-refractivity contribution < 1.29 is 4.79 Å². The Morgan fingerprint density at radius 3 is 2.00 bits per heavy atom. The highest BCUT2D eigenvalue weighted by atomic mass is 16.1. The van der Waals surface area contributed by atoms with Gasteiger partial charge in [0.05, 0.1) is 22.8 Å². The minimum Gasteiger partial charge on any atom is -0.399 e. The van der Waals surface area contributed by atoms with Gasteiger partial charge in [-0.05, 0) is 86.1 Å². The summed E-state index contributed by atoms with van der Waals surface area (Å²) in [7, 11) is 0. The number of benzene rings is 3. The number of nitrogens with zero attached hydrogens (tertiary/aromatic N) is 1. The molecule has 8 N–H and O–H groups in total. The maximum absolute atomic E-state index is 13.1. The number of nitrogen functional groups attached to an aromatic ring is 3. The average Bonchev–Trinajstić information content (AvgIpc) is 2.79. The van der Waals surface area contributed by atoms with Crippen LogP contribution in [0.3, 0.4) is 0 Å². The molecular weight excluding hydrogens is 412 g/mol. The molecule has 0 fully saturated rings. The lowest BCUT2D eigenvalue weighted by molar-refractivity contribution is -0.111. The third kappa shape index (κ3) is 4.88. The van der Waals surface area contributed by atoms with Gasteiger partial charge >= 0.3 is 0 Å². The molecular formula is C26H26N6O. The normalized spacial score (nSPS) is 14.9. The zero-order chi connectivity index (χ0) is 23.5. The van der Waals surface area contributed by atoms with Gasteiger partial charge < -0.3 is 27.8 Å². The summed E-state index contributed by atoms with van der Waals surface area (Å²) in [6.07, 6.45) is 1.55. The Bertz CT molecular complexity index is 1300. The van der Waals surface area contributed by atoms with Crippen LogP contribution in [-0.4, -0.2) is 11.5 Å². The number of nitrogens with one attached hydrogen (secondary N) is 2. The molecule has 0 aromatic heterocycles. The number of allylic oxidation sites excluding steroid dienone is 2. The molecule has 0 heterocycles. The third-order valence-corrected chi connectivity index (χ3v) is 5.37. The highest BCUT2D eigenvalue weighted by Gasteiger charge is 2.25. The number of anilines is 5. The highest BCUT2D eigenvalue weighted by molar-refractivity contribution is 6.27. The minimum absolute atomic E-state index is 0.157. The van der Waals surface area contributed by atoms with Crippen molar-refractivity contribution in [1.82, 2.24) is 0 Å². The quantitative estimate of drug-likeness (QED) is 0.288. The summed E-state index contributed by atoms with van der Waals surface area (Å²) in [5, 5.41) is 6.55. The molecule has 1 aliphatic rings. The van der Waals surface area contributed by atoms with Gasteiger partial charge in [0.25, 0.3) is 0 Å². The van der Waals surface area contributed by atoms with Gasteiger partial charge in [-0.15, -0.1) is 0 Å². The smallest absolute Gasteiger partial charge is 0.204 e. The molecule has 33 heavy (non-hydrogen) atoms. The van der Waals surface area contributed by atoms with E-state index in [2.05, 4.69) is 10.6 Å². The largest absolute Gasteiger partial charge is 0.399 e. The van der Waals surface area contributed by atoms with E-state index in [0.717, 1.165) is 22.6 Å². The second-order valence-corrected chi connectivity index (χ2v) is 7.92. The van der Waals surface area contributed by atoms with Crippen molar-refractivity contribution in [2.45, 2.75) is 13.8 Å². The van der Waals surface area contributed by atoms with Crippen molar-refractivity contribution in [1.29, 1.82) is 0 Å². The monoisotopic (exact) mass is 438 g/mol. The molecule has 7 nitrogen and oxygen atoms in total. The van der Waals surface area contributed by atoms with Crippen molar-refractivity contribution in [2.75, 3.05) is 27.8 Å². The molecule has 7 heteroatoms. The first-order chi connectivity index (χ1) is 15.8. The average molecular weight is 439 g/mol. The van der Waals surface area contributed by atoms with Crippen LogP contribution in [0.4, 0.5) is 34.1 Å². The predicted molar refractivity (Wildman–Crippen MR) is 137 cm³/mol. The summed E-state index contributed by atoms with van der Waals surface area (Å²) in [6.45, 7) is 3.81. The Morgan fingerprint density at radius 2 is 1.36 bits per heavy atom. The number of aliphatic imine (C=N–C) groups is 1. The fourth-order valence-corrected chi connectivity index (χ4v) is 3.47. The lowest BCUT2D eigenvalue weighted by Crippen LogP contribution is -2.25. The second-order valence-electron chi connectivity index (χ2n) is 7.92. The van der Waals surface area contributed by atoms with E-state index < -0.39 is 0 Å². The van der Waals surface area contributed by atoms with Crippen molar-refractivity contribution in [3.63, 3.8) is 0 Å². The van der Waals surface area contributed by atoms with Gasteiger partial charge in [0.15, 0.2) is 0 Å². The van der Waals surface area contributed by atoms with Gasteiger partial charge in [0.2, 0.25) is 5.78 Å². The fraction of sp³-hybridized carbons (Fsp3) is 0.0769. The van der Waals surface area contributed by atoms with Crippen molar-refractivity contribution in [2.24, 2.45) is 4.99 Å². The van der Waals surface area contributed by atoms with Gasteiger partial charge in [0, 0.05) is 40.1 Å². The standard InChI is InChI=1S/C26H26N6O/c1-15-13-21(11-12-22(15)29)30-23-14-24(33)26(32-20-9-5-18(28)6-10-20)16(2)25(23)31-19-7-3-17(27)4-8-19/h3-14,30,32H,27-29H2,1-2H3. The number of carbonyl (C=O) groups is 1. The van der Waals surface area contributed by atoms with Crippen LogP contribution in [0.1, 0.15) is 12.5 Å². The van der Waals surface area contributed by atoms with Crippen LogP contribution >= 0.6 is 0 Å². The van der Waals surface area contributed by atoms with Crippen LogP contribution in [0, 0.1) is 6.92 Å². The number of ketones is 1. The molecule has 0 saturated carbocycles. The lowest BCUT2D eigenvalue weighted by atomic mass is 9.96. The number of nitrogens with two attached hydrogens (primary N) is 3. The van der Waals surface area contributed by atoms with Crippen molar-refractivity contribution >= 4 is 45.6 Å². The van der Waals surface area contributed by atoms with E-state index in [-0.39, 0.29) is 5.78 Å². The van der Waals surface area contributed by atoms with E-state index in [1.54, 1.807) is 30.3 Å². The molecule has 3 aromatic carbocycles. The summed E-state index contributed by atoms with van der Waals surface area (Å²) in [5.41, 5.74) is 25.2. The molecule has 0 radical (unpaired) electrons. The Kier molecular flexibility index (Phi) is 5.87. The second kappa shape index (κ2) is 8.92. The van der Waals surface area contributed by atoms with E-state index in [1.807, 2.05) is 56.3 Å². The summed E-state index contributed by atoms with van der Waals surface area (Å²) in [4.78, 5) is 17.9. The minimum atomic E-state index is -0.157. The lowest BCUT2D eigenvalue weighted by Gasteiger charge is -2.22. The zero-order valence-corrected chi connectivity index (χ0v) is 18.5. The predicted octanol–water partition coefficient (Wildman–Crippen LogP) is 4.78. The number of hydrogen-bond acceptors (Lipinski definition) is 7. The van der Waals surface area contributed by atoms with Crippen molar-refractivity contribution in [3.05, 3.63) is 95.3 Å². The fourth-order valence-electron chi connectivity index (χ4n) is 3.47. The maximum atomic E-state index is 13.1. The van der Waals surface area contributed by atoms with Crippen molar-refractivity contribution in [3.8, 4) is 0 Å². The topological polar surface area (TPSA) is 132 Å². The molecule has 0 bridgehead atoms. The molecule has 4 rings (SSSR count). The molecule has 166 valence electrons. The van der Waals surface area contributed by atoms with Crippen LogP contribution in [0.25, 0.3) is 0 Å². The first-order valence-corrected chi connectivity index (χ1v) is 10.5. The van der Waals surface area contributed by atoms with E-state index in [4.69, 9.17) is 22.2 Å². The SMILES string of the molecule is CC1=C(Nc2ccc(N)cc2)C(=O)C=C(Nc2ccc(N)c(C)c2)C1=Nc1ccc(N)cc1. The Hall–Kier alpha value is -4.52. The van der Waals surface area contributed by atoms with E-state index in [0.29, 0.717) is 39.7 Å². The van der Waals surface area contributed by atoms with Crippen LogP contribution in [0.5, 0.6) is 0 Å². The number of rotatable bonds is 5. The summed E-state index contributed by atoms with van der Waals surface area (Å²) >= 11 is 0. The van der Waals surface area contributed by atoms with E-state index in [1.165, 1.54) is 0 Å². The van der Waals surface area contributed by atoms with Gasteiger partial charge in [-0.25, -0.2) is 4.99 Å². The summed E-state index contributed by atoms with van der Waals surface area (Å²) < 4.78 is 0. The first-order valence-electron chi connectivity index (χ1n) is 10.5. The molecule has 0 atom stereocenters. The van der Waals surface area contributed by atoms with Crippen LogP contribution < -0.4 is 27.8 Å². The molecule has 0 unspecified atom stereocenters. The summed E-state index contributed by atoms with van der Waals surface area (Å²) in [6, 6.07) is 20.1. The third-order valence-electron chi connectivity index (χ3n) is 5.37. The molecule has 0 saturated heterocycles. The zero-order valence-electron chi connectivity index (χ0n) is 18.5. The van der Waals surface area contributed by atoms with Crippen LogP contribution in [0.2, 0.25) is 0 Å². The van der Waals surface area contributed by atoms with Crippen LogP contribution in [0.15, 0.2) is 94.8 Å². The maximum Gasteiger partial charge on any atom is 0.204 e. The molecule has 0 spiro atoms.